The second-order valence-electron chi connectivity index (χ2n) is 6.22. The molecular formula is C16H17F2NO3S. The lowest BCUT2D eigenvalue weighted by molar-refractivity contribution is 0.402. The Morgan fingerprint density at radius 3 is 2.13 bits per heavy atom. The number of hydrogen-bond donors (Lipinski definition) is 0. The van der Waals surface area contributed by atoms with E-state index in [1.165, 1.54) is 24.4 Å². The van der Waals surface area contributed by atoms with E-state index in [0.29, 0.717) is 5.56 Å². The van der Waals surface area contributed by atoms with Crippen molar-refractivity contribution in [1.82, 2.24) is 4.98 Å². The fourth-order valence-electron chi connectivity index (χ4n) is 1.87. The Bertz CT molecular complexity index is 820. The van der Waals surface area contributed by atoms with Crippen LogP contribution in [0.2, 0.25) is 0 Å². The van der Waals surface area contributed by atoms with E-state index < -0.39 is 32.6 Å². The number of sulfone groups is 1. The van der Waals surface area contributed by atoms with Crippen LogP contribution in [0.25, 0.3) is 0 Å². The van der Waals surface area contributed by atoms with E-state index in [9.17, 15) is 17.2 Å². The molecule has 0 aliphatic rings. The van der Waals surface area contributed by atoms with Crippen LogP contribution in [0.1, 0.15) is 26.3 Å². The van der Waals surface area contributed by atoms with E-state index in [0.717, 1.165) is 12.3 Å². The molecule has 0 unspecified atom stereocenters. The fraction of sp³-hybridized carbons (Fsp3) is 0.312. The molecule has 0 spiro atoms. The first-order valence-electron chi connectivity index (χ1n) is 6.82. The molecule has 124 valence electrons. The molecule has 7 heteroatoms. The number of pyridine rings is 1. The van der Waals surface area contributed by atoms with Crippen molar-refractivity contribution in [3.8, 4) is 11.5 Å². The minimum atomic E-state index is -3.54. The summed E-state index contributed by atoms with van der Waals surface area (Å²) in [7, 11) is -3.54. The highest BCUT2D eigenvalue weighted by atomic mass is 32.2. The third-order valence-electron chi connectivity index (χ3n) is 3.17. The Hall–Kier alpha value is -2.02. The molecule has 0 N–H and O–H groups in total. The zero-order valence-corrected chi connectivity index (χ0v) is 14.0. The van der Waals surface area contributed by atoms with Gasteiger partial charge < -0.3 is 4.74 Å². The van der Waals surface area contributed by atoms with Gasteiger partial charge in [-0.1, -0.05) is 20.8 Å². The third-order valence-corrected chi connectivity index (χ3v) is 4.15. The van der Waals surface area contributed by atoms with Gasteiger partial charge in [0.25, 0.3) is 0 Å². The van der Waals surface area contributed by atoms with E-state index in [-0.39, 0.29) is 10.8 Å². The van der Waals surface area contributed by atoms with Gasteiger partial charge in [-0.2, -0.15) is 0 Å². The SMILES string of the molecule is CC(C)(C)c1cc(F)c(Oc2ccnc(S(C)(=O)=O)c2)c(F)c1. The van der Waals surface area contributed by atoms with E-state index in [1.54, 1.807) is 0 Å². The normalized spacial score (nSPS) is 12.3. The average molecular weight is 341 g/mol. The maximum absolute atomic E-state index is 14.2. The van der Waals surface area contributed by atoms with Gasteiger partial charge in [0.1, 0.15) is 5.75 Å². The molecule has 0 aliphatic heterocycles. The molecule has 0 bridgehead atoms. The summed E-state index contributed by atoms with van der Waals surface area (Å²) in [4.78, 5) is 3.69. The van der Waals surface area contributed by atoms with E-state index in [4.69, 9.17) is 4.74 Å². The van der Waals surface area contributed by atoms with E-state index in [1.807, 2.05) is 20.8 Å². The first kappa shape index (κ1) is 17.3. The Morgan fingerprint density at radius 2 is 1.65 bits per heavy atom. The number of nitrogens with zero attached hydrogens (tertiary/aromatic N) is 1. The van der Waals surface area contributed by atoms with Gasteiger partial charge in [0.05, 0.1) is 0 Å². The molecule has 2 rings (SSSR count). The Balaban J connectivity index is 2.42. The average Bonchev–Trinajstić information content (AvgIpc) is 2.41. The standard InChI is InChI=1S/C16H17F2NO3S/c1-16(2,3)10-7-12(17)15(13(18)8-10)22-11-5-6-19-14(9-11)23(4,20)21/h5-9H,1-4H3. The minimum Gasteiger partial charge on any atom is -0.451 e. The highest BCUT2D eigenvalue weighted by Crippen LogP contribution is 2.32. The van der Waals surface area contributed by atoms with Crippen molar-refractivity contribution < 1.29 is 21.9 Å². The second kappa shape index (κ2) is 5.88. The van der Waals surface area contributed by atoms with Gasteiger partial charge in [0.2, 0.25) is 0 Å². The number of rotatable bonds is 3. The lowest BCUT2D eigenvalue weighted by atomic mass is 9.87. The van der Waals surface area contributed by atoms with Crippen molar-refractivity contribution in [3.05, 3.63) is 47.7 Å². The first-order chi connectivity index (χ1) is 10.5. The van der Waals surface area contributed by atoms with Crippen molar-refractivity contribution in [2.24, 2.45) is 0 Å². The molecule has 1 aromatic carbocycles. The lowest BCUT2D eigenvalue weighted by Gasteiger charge is -2.20. The van der Waals surface area contributed by atoms with Crippen molar-refractivity contribution in [2.45, 2.75) is 31.2 Å². The summed E-state index contributed by atoms with van der Waals surface area (Å²) >= 11 is 0. The Labute approximate surface area is 134 Å². The first-order valence-corrected chi connectivity index (χ1v) is 8.71. The van der Waals surface area contributed by atoms with Crippen molar-refractivity contribution in [2.75, 3.05) is 6.26 Å². The summed E-state index contributed by atoms with van der Waals surface area (Å²) in [6.45, 7) is 5.51. The van der Waals surface area contributed by atoms with E-state index >= 15 is 0 Å². The molecule has 2 aromatic rings. The quantitative estimate of drug-likeness (QED) is 0.851. The van der Waals surface area contributed by atoms with Gasteiger partial charge in [-0.05, 0) is 29.2 Å². The molecule has 0 amide bonds. The van der Waals surface area contributed by atoms with Gasteiger partial charge in [-0.15, -0.1) is 0 Å². The van der Waals surface area contributed by atoms with Gasteiger partial charge in [0, 0.05) is 18.5 Å². The van der Waals surface area contributed by atoms with Crippen LogP contribution in [0.15, 0.2) is 35.5 Å². The smallest absolute Gasteiger partial charge is 0.198 e. The zero-order valence-electron chi connectivity index (χ0n) is 13.2. The van der Waals surface area contributed by atoms with Crippen molar-refractivity contribution in [3.63, 3.8) is 0 Å². The van der Waals surface area contributed by atoms with Crippen LogP contribution in [-0.4, -0.2) is 19.7 Å². The fourth-order valence-corrected chi connectivity index (χ4v) is 2.45. The topological polar surface area (TPSA) is 56.3 Å². The molecule has 0 saturated carbocycles. The molecule has 23 heavy (non-hydrogen) atoms. The van der Waals surface area contributed by atoms with Gasteiger partial charge in [-0.25, -0.2) is 22.2 Å². The van der Waals surface area contributed by atoms with Gasteiger partial charge in [-0.3, -0.25) is 0 Å². The number of halogens is 2. The number of ether oxygens (including phenoxy) is 1. The molecule has 0 saturated heterocycles. The van der Waals surface area contributed by atoms with Crippen LogP contribution in [0.5, 0.6) is 11.5 Å². The van der Waals surface area contributed by atoms with Gasteiger partial charge >= 0.3 is 0 Å². The summed E-state index contributed by atoms with van der Waals surface area (Å²) in [6.07, 6.45) is 2.18. The van der Waals surface area contributed by atoms with Crippen molar-refractivity contribution >= 4 is 9.84 Å². The lowest BCUT2D eigenvalue weighted by Crippen LogP contribution is -2.12. The molecule has 0 aliphatic carbocycles. The predicted molar refractivity (Wildman–Crippen MR) is 82.5 cm³/mol. The molecule has 0 radical (unpaired) electrons. The monoisotopic (exact) mass is 341 g/mol. The Kier molecular flexibility index (Phi) is 4.43. The van der Waals surface area contributed by atoms with E-state index in [2.05, 4.69) is 4.98 Å². The highest BCUT2D eigenvalue weighted by molar-refractivity contribution is 7.90. The van der Waals surface area contributed by atoms with Crippen molar-refractivity contribution in [1.29, 1.82) is 0 Å². The predicted octanol–water partition coefficient (Wildman–Crippen LogP) is 3.85. The minimum absolute atomic E-state index is 0.0123. The highest BCUT2D eigenvalue weighted by Gasteiger charge is 2.21. The zero-order chi connectivity index (χ0) is 17.4. The largest absolute Gasteiger partial charge is 0.451 e. The van der Waals surface area contributed by atoms with Crippen LogP contribution in [0.4, 0.5) is 8.78 Å². The summed E-state index contributed by atoms with van der Waals surface area (Å²) < 4.78 is 56.4. The van der Waals surface area contributed by atoms with Crippen LogP contribution >= 0.6 is 0 Å². The number of aromatic nitrogens is 1. The van der Waals surface area contributed by atoms with Crippen LogP contribution in [-0.2, 0) is 15.3 Å². The number of benzene rings is 1. The molecular weight excluding hydrogens is 324 g/mol. The molecule has 4 nitrogen and oxygen atoms in total. The summed E-state index contributed by atoms with van der Waals surface area (Å²) in [6, 6.07) is 4.85. The summed E-state index contributed by atoms with van der Waals surface area (Å²) in [5, 5.41) is -0.234. The number of hydrogen-bond acceptors (Lipinski definition) is 4. The molecule has 0 atom stereocenters. The third kappa shape index (κ3) is 4.04. The Morgan fingerprint density at radius 1 is 1.09 bits per heavy atom. The maximum Gasteiger partial charge on any atom is 0.198 e. The van der Waals surface area contributed by atoms with Crippen LogP contribution < -0.4 is 4.74 Å². The molecule has 1 heterocycles. The molecule has 1 aromatic heterocycles. The summed E-state index contributed by atoms with van der Waals surface area (Å²) in [5.41, 5.74) is 0.0757. The van der Waals surface area contributed by atoms with Crippen LogP contribution in [0, 0.1) is 11.6 Å². The maximum atomic E-state index is 14.2. The second-order valence-corrected chi connectivity index (χ2v) is 8.19. The molecule has 0 fully saturated rings. The van der Waals surface area contributed by atoms with Crippen LogP contribution in [0.3, 0.4) is 0 Å². The summed E-state index contributed by atoms with van der Waals surface area (Å²) in [5.74, 6) is -2.30. The van der Waals surface area contributed by atoms with Gasteiger partial charge in [0.15, 0.2) is 32.2 Å².